The van der Waals surface area contributed by atoms with Crippen LogP contribution in [0.2, 0.25) is 0 Å². The van der Waals surface area contributed by atoms with Gasteiger partial charge in [0.2, 0.25) is 11.8 Å². The zero-order chi connectivity index (χ0) is 21.5. The summed E-state index contributed by atoms with van der Waals surface area (Å²) in [5, 5.41) is 10.5. The second-order valence-electron chi connectivity index (χ2n) is 7.39. The number of hydrogen-bond donors (Lipinski definition) is 1. The standard InChI is InChI=1S/C20H21N3O5S2/c1-22(14-7-9-30(27,28)12-14)18(24)6-8-23-19(25)17(29-20(23)26)10-13-11-21-16-5-3-2-4-15(13)16/h2-5,10-11,14,25H,6-9,12H2,1H3/b13-10+. The third-order valence-electron chi connectivity index (χ3n) is 5.44. The van der Waals surface area contributed by atoms with E-state index in [2.05, 4.69) is 4.99 Å². The number of hydrogen-bond acceptors (Lipinski definition) is 7. The normalized spacial score (nSPS) is 20.6. The van der Waals surface area contributed by atoms with Crippen LogP contribution in [0, 0.1) is 0 Å². The molecular weight excluding hydrogens is 426 g/mol. The number of aromatic hydroxyl groups is 1. The number of benzene rings is 1. The molecule has 0 spiro atoms. The average molecular weight is 448 g/mol. The number of allylic oxidation sites excluding steroid dienone is 1. The van der Waals surface area contributed by atoms with Gasteiger partial charge in [0, 0.05) is 43.4 Å². The summed E-state index contributed by atoms with van der Waals surface area (Å²) >= 11 is 0.903. The molecule has 1 aromatic carbocycles. The van der Waals surface area contributed by atoms with Crippen LogP contribution in [0.4, 0.5) is 5.69 Å². The zero-order valence-electron chi connectivity index (χ0n) is 16.3. The monoisotopic (exact) mass is 447 g/mol. The number of nitrogens with zero attached hydrogens (tertiary/aromatic N) is 3. The molecule has 2 aliphatic rings. The fourth-order valence-electron chi connectivity index (χ4n) is 3.67. The number of carbonyl (C=O) groups is 1. The Kier molecular flexibility index (Phi) is 5.37. The van der Waals surface area contributed by atoms with E-state index in [1.807, 2.05) is 24.3 Å². The van der Waals surface area contributed by atoms with Gasteiger partial charge in [-0.15, -0.1) is 0 Å². The lowest BCUT2D eigenvalue weighted by atomic mass is 10.1. The molecule has 1 unspecified atom stereocenters. The molecule has 8 nitrogen and oxygen atoms in total. The molecular formula is C20H21N3O5S2. The van der Waals surface area contributed by atoms with Gasteiger partial charge in [-0.3, -0.25) is 19.1 Å². The molecule has 1 aromatic heterocycles. The molecule has 0 aliphatic carbocycles. The highest BCUT2D eigenvalue weighted by Gasteiger charge is 2.32. The molecule has 1 amide bonds. The molecule has 2 aliphatic heterocycles. The van der Waals surface area contributed by atoms with Crippen LogP contribution >= 0.6 is 11.3 Å². The predicted molar refractivity (Wildman–Crippen MR) is 117 cm³/mol. The number of sulfone groups is 1. The van der Waals surface area contributed by atoms with Crippen molar-refractivity contribution in [1.82, 2.24) is 9.47 Å². The number of rotatable bonds is 5. The lowest BCUT2D eigenvalue weighted by Gasteiger charge is -2.23. The molecule has 10 heteroatoms. The Balaban J connectivity index is 1.47. The first-order valence-electron chi connectivity index (χ1n) is 9.49. The van der Waals surface area contributed by atoms with Crippen LogP contribution in [0.25, 0.3) is 11.6 Å². The van der Waals surface area contributed by atoms with Gasteiger partial charge >= 0.3 is 4.87 Å². The van der Waals surface area contributed by atoms with Gasteiger partial charge in [0.15, 0.2) is 9.84 Å². The molecule has 1 fully saturated rings. The smallest absolute Gasteiger partial charge is 0.310 e. The van der Waals surface area contributed by atoms with Crippen molar-refractivity contribution in [3.63, 3.8) is 0 Å². The maximum atomic E-state index is 12.5. The van der Waals surface area contributed by atoms with Gasteiger partial charge in [0.05, 0.1) is 22.1 Å². The van der Waals surface area contributed by atoms with Crippen LogP contribution in [0.5, 0.6) is 5.88 Å². The molecule has 2 aromatic rings. The van der Waals surface area contributed by atoms with E-state index in [-0.39, 0.29) is 47.2 Å². The quantitative estimate of drug-likeness (QED) is 0.753. The maximum absolute atomic E-state index is 12.5. The second kappa shape index (κ2) is 7.84. The predicted octanol–water partition coefficient (Wildman–Crippen LogP) is 1.91. The Bertz CT molecular complexity index is 1220. The summed E-state index contributed by atoms with van der Waals surface area (Å²) in [5.41, 5.74) is 2.55. The van der Waals surface area contributed by atoms with Gasteiger partial charge in [0.1, 0.15) is 0 Å². The van der Waals surface area contributed by atoms with Crippen molar-refractivity contribution >= 4 is 50.6 Å². The minimum atomic E-state index is -3.09. The fraction of sp³-hybridized carbons (Fsp3) is 0.350. The first kappa shape index (κ1) is 20.5. The molecule has 1 atom stereocenters. The van der Waals surface area contributed by atoms with Crippen LogP contribution in [0.15, 0.2) is 34.1 Å². The van der Waals surface area contributed by atoms with Crippen molar-refractivity contribution in [2.24, 2.45) is 4.99 Å². The number of para-hydroxylation sites is 1. The van der Waals surface area contributed by atoms with Gasteiger partial charge in [-0.1, -0.05) is 29.5 Å². The fourth-order valence-corrected chi connectivity index (χ4v) is 6.31. The minimum absolute atomic E-state index is 0.00243. The van der Waals surface area contributed by atoms with Crippen molar-refractivity contribution in [3.05, 3.63) is 44.4 Å². The molecule has 0 bridgehead atoms. The largest absolute Gasteiger partial charge is 0.493 e. The molecule has 3 heterocycles. The summed E-state index contributed by atoms with van der Waals surface area (Å²) in [6.07, 6.45) is 3.82. The van der Waals surface area contributed by atoms with E-state index in [1.165, 1.54) is 9.47 Å². The molecule has 30 heavy (non-hydrogen) atoms. The summed E-state index contributed by atoms with van der Waals surface area (Å²) in [6.45, 7) is 0.0255. The summed E-state index contributed by atoms with van der Waals surface area (Å²) in [6, 6.07) is 7.26. The SMILES string of the molecule is CN(C(=O)CCn1c(O)c(/C=C2\C=Nc3ccccc32)sc1=O)C1CCS(=O)(=O)C1. The summed E-state index contributed by atoms with van der Waals surface area (Å²) in [7, 11) is -1.51. The Morgan fingerprint density at radius 3 is 2.90 bits per heavy atom. The molecule has 1 N–H and O–H groups in total. The third kappa shape index (κ3) is 3.97. The van der Waals surface area contributed by atoms with Crippen molar-refractivity contribution in [2.75, 3.05) is 18.6 Å². The molecule has 1 saturated heterocycles. The zero-order valence-corrected chi connectivity index (χ0v) is 17.9. The number of thiazole rings is 1. The maximum Gasteiger partial charge on any atom is 0.310 e. The van der Waals surface area contributed by atoms with E-state index in [1.54, 1.807) is 19.3 Å². The molecule has 4 rings (SSSR count). The van der Waals surface area contributed by atoms with Crippen LogP contribution in [0.3, 0.4) is 0 Å². The Hall–Kier alpha value is -2.72. The van der Waals surface area contributed by atoms with Crippen LogP contribution in [0.1, 0.15) is 23.3 Å². The number of fused-ring (bicyclic) bond motifs is 1. The van der Waals surface area contributed by atoms with Gasteiger partial charge < -0.3 is 10.0 Å². The lowest BCUT2D eigenvalue weighted by Crippen LogP contribution is -2.38. The summed E-state index contributed by atoms with van der Waals surface area (Å²) in [4.78, 5) is 30.6. The van der Waals surface area contributed by atoms with Gasteiger partial charge in [-0.05, 0) is 18.6 Å². The minimum Gasteiger partial charge on any atom is -0.493 e. The van der Waals surface area contributed by atoms with Crippen LogP contribution in [-0.2, 0) is 21.2 Å². The molecule has 158 valence electrons. The number of aromatic nitrogens is 1. The van der Waals surface area contributed by atoms with Crippen molar-refractivity contribution in [2.45, 2.75) is 25.4 Å². The van der Waals surface area contributed by atoms with Gasteiger partial charge in [0.25, 0.3) is 0 Å². The van der Waals surface area contributed by atoms with Crippen molar-refractivity contribution < 1.29 is 18.3 Å². The van der Waals surface area contributed by atoms with Crippen LogP contribution in [-0.4, -0.2) is 59.7 Å². The topological polar surface area (TPSA) is 109 Å². The van der Waals surface area contributed by atoms with Crippen molar-refractivity contribution in [3.8, 4) is 5.88 Å². The van der Waals surface area contributed by atoms with E-state index in [9.17, 15) is 23.1 Å². The van der Waals surface area contributed by atoms with Crippen molar-refractivity contribution in [1.29, 1.82) is 0 Å². The number of amides is 1. The highest BCUT2D eigenvalue weighted by molar-refractivity contribution is 7.91. The van der Waals surface area contributed by atoms with E-state index in [4.69, 9.17) is 0 Å². The van der Waals surface area contributed by atoms with Crippen LogP contribution < -0.4 is 4.87 Å². The molecule has 0 saturated carbocycles. The second-order valence-corrected chi connectivity index (χ2v) is 10.6. The van der Waals surface area contributed by atoms with Gasteiger partial charge in [-0.25, -0.2) is 8.42 Å². The summed E-state index contributed by atoms with van der Waals surface area (Å²) in [5.74, 6) is -0.384. The third-order valence-corrected chi connectivity index (χ3v) is 8.10. The first-order chi connectivity index (χ1) is 14.2. The average Bonchev–Trinajstić information content (AvgIpc) is 3.36. The summed E-state index contributed by atoms with van der Waals surface area (Å²) < 4.78 is 24.4. The molecule has 0 radical (unpaired) electrons. The highest BCUT2D eigenvalue weighted by atomic mass is 32.2. The highest BCUT2D eigenvalue weighted by Crippen LogP contribution is 2.34. The van der Waals surface area contributed by atoms with Gasteiger partial charge in [-0.2, -0.15) is 0 Å². The number of aliphatic imine (C=N–C) groups is 1. The lowest BCUT2D eigenvalue weighted by molar-refractivity contribution is -0.131. The Labute approximate surface area is 177 Å². The Morgan fingerprint density at radius 2 is 2.17 bits per heavy atom. The van der Waals surface area contributed by atoms with E-state index in [0.29, 0.717) is 11.3 Å². The van der Waals surface area contributed by atoms with E-state index < -0.39 is 9.84 Å². The Morgan fingerprint density at radius 1 is 1.40 bits per heavy atom. The van der Waals surface area contributed by atoms with E-state index >= 15 is 0 Å². The number of carbonyl (C=O) groups excluding carboxylic acids is 1. The van der Waals surface area contributed by atoms with E-state index in [0.717, 1.165) is 28.2 Å². The first-order valence-corrected chi connectivity index (χ1v) is 12.1.